The molecule has 6 heteroatoms. The third-order valence-electron chi connectivity index (χ3n) is 3.50. The van der Waals surface area contributed by atoms with E-state index in [9.17, 15) is 4.79 Å². The molecule has 1 N–H and O–H groups in total. The lowest BCUT2D eigenvalue weighted by Crippen LogP contribution is -2.37. The summed E-state index contributed by atoms with van der Waals surface area (Å²) in [6.45, 7) is 8.26. The van der Waals surface area contributed by atoms with Gasteiger partial charge in [0.05, 0.1) is 22.3 Å². The summed E-state index contributed by atoms with van der Waals surface area (Å²) in [7, 11) is 1.95. The summed E-state index contributed by atoms with van der Waals surface area (Å²) in [4.78, 5) is 14.8. The van der Waals surface area contributed by atoms with Gasteiger partial charge >= 0.3 is 5.97 Å². The van der Waals surface area contributed by atoms with Gasteiger partial charge in [-0.15, -0.1) is 0 Å². The summed E-state index contributed by atoms with van der Waals surface area (Å²) in [6.07, 6.45) is 0. The predicted octanol–water partition coefficient (Wildman–Crippen LogP) is 3.78. The molecule has 1 rings (SSSR count). The number of carboxylic acid groups (broad SMARTS) is 1. The predicted molar refractivity (Wildman–Crippen MR) is 93.4 cm³/mol. The van der Waals surface area contributed by atoms with Crippen LogP contribution in [0.15, 0.2) is 12.1 Å². The second-order valence-electron chi connectivity index (χ2n) is 5.78. The molecule has 0 aliphatic heterocycles. The number of carboxylic acids is 1. The van der Waals surface area contributed by atoms with E-state index in [2.05, 4.69) is 6.92 Å². The van der Waals surface area contributed by atoms with Crippen molar-refractivity contribution in [1.82, 2.24) is 4.90 Å². The molecule has 0 bridgehead atoms. The monoisotopic (exact) mass is 346 g/mol. The Kier molecular flexibility index (Phi) is 7.46. The van der Waals surface area contributed by atoms with Crippen LogP contribution >= 0.6 is 23.2 Å². The number of anilines is 1. The van der Waals surface area contributed by atoms with Gasteiger partial charge in [0.15, 0.2) is 0 Å². The highest BCUT2D eigenvalue weighted by molar-refractivity contribution is 6.39. The van der Waals surface area contributed by atoms with Gasteiger partial charge in [0, 0.05) is 20.1 Å². The van der Waals surface area contributed by atoms with Gasteiger partial charge in [-0.1, -0.05) is 37.0 Å². The molecule has 22 heavy (non-hydrogen) atoms. The largest absolute Gasteiger partial charge is 0.480 e. The lowest BCUT2D eigenvalue weighted by molar-refractivity contribution is -0.138. The van der Waals surface area contributed by atoms with Crippen LogP contribution in [-0.4, -0.2) is 49.2 Å². The van der Waals surface area contributed by atoms with Crippen molar-refractivity contribution in [3.8, 4) is 0 Å². The smallest absolute Gasteiger partial charge is 0.317 e. The normalized spacial score (nSPS) is 12.5. The SMILES string of the molecule is CCN(CC(=O)O)CC(C)CN(C)c1c(Cl)cc(C)cc1Cl. The van der Waals surface area contributed by atoms with E-state index in [0.29, 0.717) is 23.1 Å². The zero-order valence-electron chi connectivity index (χ0n) is 13.6. The van der Waals surface area contributed by atoms with Crippen LogP contribution in [0.1, 0.15) is 19.4 Å². The average molecular weight is 347 g/mol. The minimum Gasteiger partial charge on any atom is -0.480 e. The third kappa shape index (κ3) is 5.67. The Morgan fingerprint density at radius 2 is 1.82 bits per heavy atom. The van der Waals surface area contributed by atoms with Crippen molar-refractivity contribution in [3.63, 3.8) is 0 Å². The first-order chi connectivity index (χ1) is 10.2. The van der Waals surface area contributed by atoms with Crippen molar-refractivity contribution in [2.75, 3.05) is 38.1 Å². The number of likely N-dealkylation sites (N-methyl/N-ethyl adjacent to an activating group) is 1. The fourth-order valence-electron chi connectivity index (χ4n) is 2.61. The first kappa shape index (κ1) is 19.1. The molecule has 0 saturated carbocycles. The standard InChI is InChI=1S/C16H24Cl2N2O2/c1-5-20(10-15(21)22)9-12(3)8-19(4)16-13(17)6-11(2)7-14(16)18/h6-7,12H,5,8-10H2,1-4H3,(H,21,22). The molecule has 0 heterocycles. The summed E-state index contributed by atoms with van der Waals surface area (Å²) >= 11 is 12.6. The molecule has 0 spiro atoms. The van der Waals surface area contributed by atoms with Crippen LogP contribution in [0.25, 0.3) is 0 Å². The zero-order valence-corrected chi connectivity index (χ0v) is 15.1. The minimum atomic E-state index is -0.799. The maximum atomic E-state index is 10.8. The van der Waals surface area contributed by atoms with Crippen LogP contribution in [0.2, 0.25) is 10.0 Å². The summed E-state index contributed by atoms with van der Waals surface area (Å²) in [5.74, 6) is -0.509. The molecular weight excluding hydrogens is 323 g/mol. The van der Waals surface area contributed by atoms with E-state index >= 15 is 0 Å². The van der Waals surface area contributed by atoms with Crippen LogP contribution in [0.4, 0.5) is 5.69 Å². The Morgan fingerprint density at radius 1 is 1.27 bits per heavy atom. The van der Waals surface area contributed by atoms with Crippen LogP contribution in [-0.2, 0) is 4.79 Å². The number of hydrogen-bond donors (Lipinski definition) is 1. The quantitative estimate of drug-likeness (QED) is 0.777. The second-order valence-corrected chi connectivity index (χ2v) is 6.60. The molecule has 4 nitrogen and oxygen atoms in total. The van der Waals surface area contributed by atoms with Gasteiger partial charge in [0.2, 0.25) is 0 Å². The number of halogens is 2. The molecule has 0 aromatic heterocycles. The Hall–Kier alpha value is -0.970. The Balaban J connectivity index is 2.72. The molecule has 1 unspecified atom stereocenters. The van der Waals surface area contributed by atoms with Gasteiger partial charge in [-0.3, -0.25) is 9.69 Å². The maximum Gasteiger partial charge on any atom is 0.317 e. The average Bonchev–Trinajstić information content (AvgIpc) is 2.35. The molecule has 0 aliphatic rings. The van der Waals surface area contributed by atoms with E-state index < -0.39 is 5.97 Å². The molecule has 0 saturated heterocycles. The number of nitrogens with zero attached hydrogens (tertiary/aromatic N) is 2. The van der Waals surface area contributed by atoms with Crippen molar-refractivity contribution < 1.29 is 9.90 Å². The number of aliphatic carboxylic acids is 1. The number of benzene rings is 1. The molecular formula is C16H24Cl2N2O2. The Morgan fingerprint density at radius 3 is 2.27 bits per heavy atom. The highest BCUT2D eigenvalue weighted by Crippen LogP contribution is 2.34. The highest BCUT2D eigenvalue weighted by Gasteiger charge is 2.17. The Labute approximate surface area is 142 Å². The van der Waals surface area contributed by atoms with E-state index in [4.69, 9.17) is 28.3 Å². The van der Waals surface area contributed by atoms with Gasteiger partial charge in [-0.25, -0.2) is 0 Å². The van der Waals surface area contributed by atoms with Gasteiger partial charge in [-0.2, -0.15) is 0 Å². The van der Waals surface area contributed by atoms with Crippen molar-refractivity contribution in [1.29, 1.82) is 0 Å². The molecule has 0 radical (unpaired) electrons. The highest BCUT2D eigenvalue weighted by atomic mass is 35.5. The minimum absolute atomic E-state index is 0.0661. The Bertz CT molecular complexity index is 500. The van der Waals surface area contributed by atoms with E-state index in [0.717, 1.165) is 17.8 Å². The van der Waals surface area contributed by atoms with E-state index in [1.165, 1.54) is 0 Å². The molecule has 0 aliphatic carbocycles. The third-order valence-corrected chi connectivity index (χ3v) is 4.08. The van der Waals surface area contributed by atoms with Crippen molar-refractivity contribution in [2.45, 2.75) is 20.8 Å². The molecule has 124 valence electrons. The first-order valence-electron chi connectivity index (χ1n) is 7.35. The molecule has 0 amide bonds. The van der Waals surface area contributed by atoms with Gasteiger partial charge in [0.1, 0.15) is 0 Å². The first-order valence-corrected chi connectivity index (χ1v) is 8.11. The molecule has 0 fully saturated rings. The fraction of sp³-hybridized carbons (Fsp3) is 0.562. The topological polar surface area (TPSA) is 43.8 Å². The molecule has 1 aromatic rings. The lowest BCUT2D eigenvalue weighted by atomic mass is 10.1. The van der Waals surface area contributed by atoms with Gasteiger partial charge in [0.25, 0.3) is 0 Å². The summed E-state index contributed by atoms with van der Waals surface area (Å²) in [5, 5.41) is 10.2. The summed E-state index contributed by atoms with van der Waals surface area (Å²) in [6, 6.07) is 3.79. The van der Waals surface area contributed by atoms with Crippen LogP contribution in [0, 0.1) is 12.8 Å². The van der Waals surface area contributed by atoms with Crippen LogP contribution in [0.5, 0.6) is 0 Å². The second kappa shape index (κ2) is 8.61. The maximum absolute atomic E-state index is 10.8. The summed E-state index contributed by atoms with van der Waals surface area (Å²) < 4.78 is 0. The van der Waals surface area contributed by atoms with Gasteiger partial charge in [-0.05, 0) is 37.1 Å². The number of aryl methyl sites for hydroxylation is 1. The van der Waals surface area contributed by atoms with E-state index in [-0.39, 0.29) is 12.5 Å². The van der Waals surface area contributed by atoms with Crippen LogP contribution < -0.4 is 4.90 Å². The number of carbonyl (C=O) groups is 1. The summed E-state index contributed by atoms with van der Waals surface area (Å²) in [5.41, 5.74) is 1.85. The number of rotatable bonds is 8. The van der Waals surface area contributed by atoms with Gasteiger partial charge < -0.3 is 10.0 Å². The molecule has 1 aromatic carbocycles. The van der Waals surface area contributed by atoms with Crippen molar-refractivity contribution in [3.05, 3.63) is 27.7 Å². The zero-order chi connectivity index (χ0) is 16.9. The molecule has 1 atom stereocenters. The van der Waals surface area contributed by atoms with E-state index in [1.54, 1.807) is 0 Å². The fourth-order valence-corrected chi connectivity index (χ4v) is 3.50. The lowest BCUT2D eigenvalue weighted by Gasteiger charge is -2.28. The van der Waals surface area contributed by atoms with E-state index in [1.807, 2.05) is 42.8 Å². The van der Waals surface area contributed by atoms with Crippen molar-refractivity contribution >= 4 is 34.9 Å². The van der Waals surface area contributed by atoms with Crippen molar-refractivity contribution in [2.24, 2.45) is 5.92 Å². The number of hydrogen-bond acceptors (Lipinski definition) is 3. The van der Waals surface area contributed by atoms with Crippen LogP contribution in [0.3, 0.4) is 0 Å².